The lowest BCUT2D eigenvalue weighted by Crippen LogP contribution is -2.44. The van der Waals surface area contributed by atoms with E-state index in [2.05, 4.69) is 19.7 Å². The van der Waals surface area contributed by atoms with Crippen molar-refractivity contribution in [2.45, 2.75) is 45.2 Å². The van der Waals surface area contributed by atoms with Crippen molar-refractivity contribution in [3.63, 3.8) is 0 Å². The number of aromatic nitrogens is 1. The second-order valence-electron chi connectivity index (χ2n) is 9.52. The quantitative estimate of drug-likeness (QED) is 0.702. The first-order valence-electron chi connectivity index (χ1n) is 11.5. The third kappa shape index (κ3) is 4.83. The van der Waals surface area contributed by atoms with Crippen molar-refractivity contribution in [1.29, 1.82) is 0 Å². The second kappa shape index (κ2) is 8.96. The molecule has 2 aromatic rings. The molecule has 4 heterocycles. The van der Waals surface area contributed by atoms with Crippen LogP contribution in [0.25, 0.3) is 0 Å². The number of hydrogen-bond acceptors (Lipinski definition) is 5. The van der Waals surface area contributed by atoms with Crippen molar-refractivity contribution in [2.24, 2.45) is 5.41 Å². The molecule has 3 fully saturated rings. The molecular formula is C24H31FN4OS. The molecule has 0 bridgehead atoms. The fraction of sp³-hybridized carbons (Fsp3) is 0.583. The smallest absolute Gasteiger partial charge is 0.265 e. The van der Waals surface area contributed by atoms with Crippen molar-refractivity contribution in [3.8, 4) is 0 Å². The number of benzene rings is 1. The van der Waals surface area contributed by atoms with Gasteiger partial charge in [0.1, 0.15) is 15.7 Å². The lowest BCUT2D eigenvalue weighted by molar-refractivity contribution is 0.0679. The van der Waals surface area contributed by atoms with Gasteiger partial charge in [-0.25, -0.2) is 9.37 Å². The highest BCUT2D eigenvalue weighted by Crippen LogP contribution is 2.40. The number of amides is 1. The van der Waals surface area contributed by atoms with Gasteiger partial charge >= 0.3 is 0 Å². The summed E-state index contributed by atoms with van der Waals surface area (Å²) in [4.78, 5) is 25.4. The van der Waals surface area contributed by atoms with E-state index in [1.165, 1.54) is 31.4 Å². The van der Waals surface area contributed by atoms with Gasteiger partial charge in [-0.1, -0.05) is 12.1 Å². The third-order valence-corrected chi connectivity index (χ3v) is 8.08. The van der Waals surface area contributed by atoms with E-state index >= 15 is 0 Å². The van der Waals surface area contributed by atoms with E-state index in [1.54, 1.807) is 17.5 Å². The largest absolute Gasteiger partial charge is 0.337 e. The third-order valence-electron chi connectivity index (χ3n) is 7.11. The molecule has 1 amide bonds. The first-order valence-corrected chi connectivity index (χ1v) is 12.3. The predicted octanol–water partition coefficient (Wildman–Crippen LogP) is 4.01. The van der Waals surface area contributed by atoms with E-state index in [0.29, 0.717) is 0 Å². The molecule has 166 valence electrons. The number of thiazole rings is 1. The van der Waals surface area contributed by atoms with Gasteiger partial charge in [0.15, 0.2) is 0 Å². The first kappa shape index (κ1) is 21.0. The van der Waals surface area contributed by atoms with Crippen molar-refractivity contribution < 1.29 is 9.18 Å². The highest BCUT2D eigenvalue weighted by atomic mass is 32.1. The van der Waals surface area contributed by atoms with Crippen molar-refractivity contribution in [1.82, 2.24) is 19.7 Å². The summed E-state index contributed by atoms with van der Waals surface area (Å²) in [6.07, 6.45) is 7.73. The van der Waals surface area contributed by atoms with Crippen LogP contribution in [-0.2, 0) is 13.1 Å². The van der Waals surface area contributed by atoms with E-state index in [-0.39, 0.29) is 17.1 Å². The Kier molecular flexibility index (Phi) is 6.08. The van der Waals surface area contributed by atoms with Crippen molar-refractivity contribution >= 4 is 17.2 Å². The summed E-state index contributed by atoms with van der Waals surface area (Å²) in [7, 11) is 0. The van der Waals surface area contributed by atoms with Gasteiger partial charge < -0.3 is 4.90 Å². The molecule has 0 unspecified atom stereocenters. The van der Waals surface area contributed by atoms with Gasteiger partial charge in [0.2, 0.25) is 0 Å². The summed E-state index contributed by atoms with van der Waals surface area (Å²) in [6, 6.07) is 6.84. The molecule has 0 saturated carbocycles. The maximum Gasteiger partial charge on any atom is 0.265 e. The molecule has 31 heavy (non-hydrogen) atoms. The van der Waals surface area contributed by atoms with Crippen LogP contribution in [0.4, 0.5) is 4.39 Å². The number of hydrogen-bond donors (Lipinski definition) is 0. The van der Waals surface area contributed by atoms with Crippen molar-refractivity contribution in [2.75, 3.05) is 39.3 Å². The van der Waals surface area contributed by atoms with Gasteiger partial charge in [0, 0.05) is 31.6 Å². The summed E-state index contributed by atoms with van der Waals surface area (Å²) >= 11 is 1.57. The van der Waals surface area contributed by atoms with E-state index in [0.717, 1.165) is 80.6 Å². The fourth-order valence-electron chi connectivity index (χ4n) is 5.50. The fourth-order valence-corrected chi connectivity index (χ4v) is 6.43. The first-order chi connectivity index (χ1) is 15.1. The maximum absolute atomic E-state index is 13.2. The number of carbonyl (C=O) groups excluding carboxylic acids is 1. The molecule has 0 N–H and O–H groups in total. The highest BCUT2D eigenvalue weighted by molar-refractivity contribution is 7.13. The SMILES string of the molecule is O=C(c1cnc(CN2CCCC2)s1)N1CC[C@]2(CCCN(Cc3ccc(F)cc3)C2)C1. The number of likely N-dealkylation sites (tertiary alicyclic amines) is 3. The Morgan fingerprint density at radius 2 is 1.74 bits per heavy atom. The zero-order chi connectivity index (χ0) is 21.3. The van der Waals surface area contributed by atoms with Gasteiger partial charge in [-0.3, -0.25) is 14.6 Å². The molecule has 1 aromatic carbocycles. The standard InChI is InChI=1S/C24H31FN4OS/c25-20-6-4-19(5-7-20)15-28-12-3-8-24(17-28)9-13-29(18-24)23(30)21-14-26-22(31-21)16-27-10-1-2-11-27/h4-7,14H,1-3,8-13,15-18H2/t24-/m0/s1. The zero-order valence-corrected chi connectivity index (χ0v) is 18.9. The Bertz CT molecular complexity index is 911. The molecule has 5 rings (SSSR count). The Morgan fingerprint density at radius 3 is 2.55 bits per heavy atom. The van der Waals surface area contributed by atoms with Crippen LogP contribution in [0.5, 0.6) is 0 Å². The summed E-state index contributed by atoms with van der Waals surface area (Å²) < 4.78 is 13.2. The van der Waals surface area contributed by atoms with Gasteiger partial charge in [-0.15, -0.1) is 11.3 Å². The molecule has 5 nitrogen and oxygen atoms in total. The number of piperidine rings is 1. The Hall–Kier alpha value is -1.83. The van der Waals surface area contributed by atoms with Crippen LogP contribution in [0, 0.1) is 11.2 Å². The van der Waals surface area contributed by atoms with Crippen LogP contribution in [0.2, 0.25) is 0 Å². The molecule has 0 aliphatic carbocycles. The lowest BCUT2D eigenvalue weighted by Gasteiger charge is -2.40. The molecule has 1 aromatic heterocycles. The minimum Gasteiger partial charge on any atom is -0.337 e. The van der Waals surface area contributed by atoms with E-state index in [9.17, 15) is 9.18 Å². The minimum atomic E-state index is -0.185. The number of rotatable bonds is 5. The lowest BCUT2D eigenvalue weighted by atomic mass is 9.79. The molecule has 1 spiro atoms. The van der Waals surface area contributed by atoms with E-state index in [1.807, 2.05) is 12.1 Å². The normalized spacial score (nSPS) is 25.0. The molecule has 7 heteroatoms. The zero-order valence-electron chi connectivity index (χ0n) is 18.1. The number of halogens is 1. The van der Waals surface area contributed by atoms with Crippen LogP contribution >= 0.6 is 11.3 Å². The molecule has 0 radical (unpaired) electrons. The highest BCUT2D eigenvalue weighted by Gasteiger charge is 2.43. The van der Waals surface area contributed by atoms with Crippen LogP contribution < -0.4 is 0 Å². The average molecular weight is 443 g/mol. The minimum absolute atomic E-state index is 0.151. The molecule has 3 aliphatic heterocycles. The van der Waals surface area contributed by atoms with Crippen LogP contribution in [-0.4, -0.2) is 64.9 Å². The monoisotopic (exact) mass is 442 g/mol. The van der Waals surface area contributed by atoms with Crippen LogP contribution in [0.3, 0.4) is 0 Å². The van der Waals surface area contributed by atoms with Gasteiger partial charge in [-0.2, -0.15) is 0 Å². The summed E-state index contributed by atoms with van der Waals surface area (Å²) in [6.45, 7) is 7.77. The molecule has 3 saturated heterocycles. The maximum atomic E-state index is 13.2. The molecule has 1 atom stereocenters. The Morgan fingerprint density at radius 1 is 0.968 bits per heavy atom. The summed E-state index contributed by atoms with van der Waals surface area (Å²) in [5.41, 5.74) is 1.34. The van der Waals surface area contributed by atoms with Gasteiger partial charge in [-0.05, 0) is 69.4 Å². The average Bonchev–Trinajstić information content (AvgIpc) is 3.52. The topological polar surface area (TPSA) is 39.7 Å². The molecular weight excluding hydrogens is 411 g/mol. The van der Waals surface area contributed by atoms with E-state index in [4.69, 9.17) is 0 Å². The predicted molar refractivity (Wildman–Crippen MR) is 120 cm³/mol. The summed E-state index contributed by atoms with van der Waals surface area (Å²) in [5, 5.41) is 1.06. The number of carbonyl (C=O) groups is 1. The Balaban J connectivity index is 1.19. The van der Waals surface area contributed by atoms with Crippen LogP contribution in [0.15, 0.2) is 30.5 Å². The van der Waals surface area contributed by atoms with E-state index < -0.39 is 0 Å². The summed E-state index contributed by atoms with van der Waals surface area (Å²) in [5.74, 6) is -0.0341. The van der Waals surface area contributed by atoms with Crippen molar-refractivity contribution in [3.05, 3.63) is 51.7 Å². The van der Waals surface area contributed by atoms with Gasteiger partial charge in [0.05, 0.1) is 12.7 Å². The Labute approximate surface area is 187 Å². The van der Waals surface area contributed by atoms with Crippen LogP contribution in [0.1, 0.15) is 52.3 Å². The van der Waals surface area contributed by atoms with Gasteiger partial charge in [0.25, 0.3) is 5.91 Å². The number of nitrogens with zero attached hydrogens (tertiary/aromatic N) is 4. The molecule has 3 aliphatic rings. The second-order valence-corrected chi connectivity index (χ2v) is 10.6.